The highest BCUT2D eigenvalue weighted by Crippen LogP contribution is 2.20. The number of carbonyl (C=O) groups is 1. The number of hydrogen-bond acceptors (Lipinski definition) is 6. The molecule has 146 valence electrons. The molecule has 1 atom stereocenters. The zero-order valence-corrected chi connectivity index (χ0v) is 15.9. The van der Waals surface area contributed by atoms with Crippen LogP contribution in [0.25, 0.3) is 10.9 Å². The minimum atomic E-state index is -0.291. The zero-order valence-electron chi connectivity index (χ0n) is 15.9. The second kappa shape index (κ2) is 8.52. The summed E-state index contributed by atoms with van der Waals surface area (Å²) in [4.78, 5) is 25.1. The Hall–Kier alpha value is -3.74. The van der Waals surface area contributed by atoms with Gasteiger partial charge >= 0.3 is 0 Å². The second-order valence-corrected chi connectivity index (χ2v) is 6.49. The van der Waals surface area contributed by atoms with E-state index in [1.165, 1.54) is 6.26 Å². The van der Waals surface area contributed by atoms with E-state index in [9.17, 15) is 4.79 Å². The molecule has 0 bridgehead atoms. The molecule has 0 aliphatic carbocycles. The number of aromatic nitrogens is 3. The molecule has 0 radical (unpaired) electrons. The molecule has 1 N–H and O–H groups in total. The van der Waals surface area contributed by atoms with Crippen LogP contribution in [0.5, 0.6) is 5.75 Å². The van der Waals surface area contributed by atoms with Gasteiger partial charge in [-0.05, 0) is 48.4 Å². The van der Waals surface area contributed by atoms with Crippen molar-refractivity contribution >= 4 is 16.8 Å². The third-order valence-corrected chi connectivity index (χ3v) is 4.54. The number of amides is 1. The van der Waals surface area contributed by atoms with Gasteiger partial charge in [-0.2, -0.15) is 0 Å². The first-order valence-electron chi connectivity index (χ1n) is 9.35. The fourth-order valence-electron chi connectivity index (χ4n) is 3.02. The Morgan fingerprint density at radius 2 is 2.03 bits per heavy atom. The number of ether oxygens (including phenoxy) is 1. The predicted octanol–water partition coefficient (Wildman–Crippen LogP) is 4.08. The fraction of sp³-hybridized carbons (Fsp3) is 0.182. The van der Waals surface area contributed by atoms with Gasteiger partial charge in [0.05, 0.1) is 11.6 Å². The maximum Gasteiger partial charge on any atom is 0.273 e. The van der Waals surface area contributed by atoms with E-state index >= 15 is 0 Å². The van der Waals surface area contributed by atoms with Gasteiger partial charge in [-0.3, -0.25) is 14.8 Å². The Morgan fingerprint density at radius 1 is 1.17 bits per heavy atom. The third kappa shape index (κ3) is 4.40. The van der Waals surface area contributed by atoms with E-state index in [4.69, 9.17) is 9.15 Å². The Kier molecular flexibility index (Phi) is 5.47. The van der Waals surface area contributed by atoms with E-state index in [0.29, 0.717) is 11.6 Å². The molecule has 0 saturated carbocycles. The summed E-state index contributed by atoms with van der Waals surface area (Å²) in [5, 5.41) is 3.95. The summed E-state index contributed by atoms with van der Waals surface area (Å²) in [7, 11) is 0. The molecule has 4 rings (SSSR count). The lowest BCUT2D eigenvalue weighted by Gasteiger charge is -2.16. The van der Waals surface area contributed by atoms with Gasteiger partial charge in [0.2, 0.25) is 5.89 Å². The Morgan fingerprint density at radius 3 is 2.86 bits per heavy atom. The van der Waals surface area contributed by atoms with Gasteiger partial charge in [0.15, 0.2) is 12.3 Å². The van der Waals surface area contributed by atoms with Crippen LogP contribution < -0.4 is 10.1 Å². The van der Waals surface area contributed by atoms with Gasteiger partial charge in [-0.25, -0.2) is 4.98 Å². The number of oxazole rings is 1. The smallest absolute Gasteiger partial charge is 0.273 e. The van der Waals surface area contributed by atoms with Gasteiger partial charge in [0.25, 0.3) is 5.91 Å². The first kappa shape index (κ1) is 18.6. The predicted molar refractivity (Wildman–Crippen MR) is 107 cm³/mol. The van der Waals surface area contributed by atoms with Crippen LogP contribution >= 0.6 is 0 Å². The number of nitrogens with one attached hydrogen (secondary N) is 1. The maximum atomic E-state index is 12.5. The number of carbonyl (C=O) groups excluding carboxylic acids is 1. The molecule has 0 aliphatic rings. The molecule has 29 heavy (non-hydrogen) atoms. The average Bonchev–Trinajstić information content (AvgIpc) is 3.25. The summed E-state index contributed by atoms with van der Waals surface area (Å²) in [6, 6.07) is 13.1. The first-order chi connectivity index (χ1) is 14.2. The molecule has 0 aliphatic heterocycles. The summed E-state index contributed by atoms with van der Waals surface area (Å²) >= 11 is 0. The van der Waals surface area contributed by atoms with E-state index in [-0.39, 0.29) is 24.2 Å². The molecule has 1 amide bonds. The summed E-state index contributed by atoms with van der Waals surface area (Å²) in [5.41, 5.74) is 2.11. The van der Waals surface area contributed by atoms with Crippen molar-refractivity contribution in [2.45, 2.75) is 26.0 Å². The van der Waals surface area contributed by atoms with E-state index in [1.807, 2.05) is 49.4 Å². The van der Waals surface area contributed by atoms with Crippen molar-refractivity contribution in [1.29, 1.82) is 0 Å². The summed E-state index contributed by atoms with van der Waals surface area (Å²) in [6.07, 6.45) is 7.26. The zero-order chi connectivity index (χ0) is 20.1. The van der Waals surface area contributed by atoms with E-state index in [1.54, 1.807) is 18.6 Å². The van der Waals surface area contributed by atoms with Crippen molar-refractivity contribution in [2.75, 3.05) is 0 Å². The number of fused-ring (bicyclic) bond motifs is 1. The van der Waals surface area contributed by atoms with E-state index in [2.05, 4.69) is 20.3 Å². The molecule has 7 heteroatoms. The molecule has 0 unspecified atom stereocenters. The molecule has 3 aromatic heterocycles. The quantitative estimate of drug-likeness (QED) is 0.513. The van der Waals surface area contributed by atoms with Gasteiger partial charge in [-0.1, -0.05) is 13.0 Å². The number of nitrogens with zero attached hydrogens (tertiary/aromatic N) is 3. The van der Waals surface area contributed by atoms with Crippen LogP contribution in [-0.4, -0.2) is 20.9 Å². The fourth-order valence-corrected chi connectivity index (χ4v) is 3.02. The molecule has 1 aromatic carbocycles. The molecular weight excluding hydrogens is 368 g/mol. The molecule has 7 nitrogen and oxygen atoms in total. The van der Waals surface area contributed by atoms with Gasteiger partial charge in [-0.15, -0.1) is 0 Å². The van der Waals surface area contributed by atoms with Crippen LogP contribution in [0, 0.1) is 0 Å². The van der Waals surface area contributed by atoms with Crippen molar-refractivity contribution < 1.29 is 13.9 Å². The van der Waals surface area contributed by atoms with Crippen LogP contribution in [-0.2, 0) is 6.61 Å². The highest BCUT2D eigenvalue weighted by Gasteiger charge is 2.17. The van der Waals surface area contributed by atoms with Crippen LogP contribution in [0.2, 0.25) is 0 Å². The Labute approximate surface area is 167 Å². The maximum absolute atomic E-state index is 12.5. The summed E-state index contributed by atoms with van der Waals surface area (Å²) in [6.45, 7) is 2.13. The molecule has 0 saturated heterocycles. The monoisotopic (exact) mass is 388 g/mol. The van der Waals surface area contributed by atoms with Crippen LogP contribution in [0.3, 0.4) is 0 Å². The lowest BCUT2D eigenvalue weighted by atomic mass is 10.1. The van der Waals surface area contributed by atoms with Gasteiger partial charge in [0, 0.05) is 24.0 Å². The highest BCUT2D eigenvalue weighted by atomic mass is 16.5. The lowest BCUT2D eigenvalue weighted by molar-refractivity contribution is 0.0930. The summed E-state index contributed by atoms with van der Waals surface area (Å²) in [5.74, 6) is 0.720. The minimum Gasteiger partial charge on any atom is -0.484 e. The third-order valence-electron chi connectivity index (χ3n) is 4.54. The molecule has 4 aromatic rings. The molecule has 0 fully saturated rings. The summed E-state index contributed by atoms with van der Waals surface area (Å²) < 4.78 is 11.1. The largest absolute Gasteiger partial charge is 0.484 e. The Bertz CT molecular complexity index is 1110. The molecule has 0 spiro atoms. The number of rotatable bonds is 7. The van der Waals surface area contributed by atoms with Crippen LogP contribution in [0.4, 0.5) is 0 Å². The second-order valence-electron chi connectivity index (χ2n) is 6.49. The lowest BCUT2D eigenvalue weighted by Crippen LogP contribution is -2.28. The van der Waals surface area contributed by atoms with Crippen molar-refractivity contribution in [1.82, 2.24) is 20.3 Å². The van der Waals surface area contributed by atoms with Crippen LogP contribution in [0.1, 0.15) is 41.3 Å². The van der Waals surface area contributed by atoms with Gasteiger partial charge < -0.3 is 14.5 Å². The SMILES string of the molecule is CC[C@@H](NC(=O)c1coc(COc2ccc3ncccc3c2)n1)c1ccncc1. The minimum absolute atomic E-state index is 0.117. The van der Waals surface area contributed by atoms with Crippen molar-refractivity contribution in [3.05, 3.63) is 84.5 Å². The number of benzene rings is 1. The van der Waals surface area contributed by atoms with Crippen molar-refractivity contribution in [3.63, 3.8) is 0 Å². The van der Waals surface area contributed by atoms with E-state index < -0.39 is 0 Å². The topological polar surface area (TPSA) is 90.1 Å². The standard InChI is InChI=1S/C22H20N4O3/c1-2-18(15-7-10-23-11-8-15)26-22(27)20-13-29-21(25-20)14-28-17-5-6-19-16(12-17)4-3-9-24-19/h3-13,18H,2,14H2,1H3,(H,26,27)/t18-/m1/s1. The van der Waals surface area contributed by atoms with Crippen molar-refractivity contribution in [2.24, 2.45) is 0 Å². The van der Waals surface area contributed by atoms with E-state index in [0.717, 1.165) is 22.9 Å². The average molecular weight is 388 g/mol. The van der Waals surface area contributed by atoms with Crippen LogP contribution in [0.15, 0.2) is 71.7 Å². The molecular formula is C22H20N4O3. The Balaban J connectivity index is 1.39. The van der Waals surface area contributed by atoms with Gasteiger partial charge in [0.1, 0.15) is 12.0 Å². The normalized spacial score (nSPS) is 11.9. The molecule has 3 heterocycles. The number of hydrogen-bond donors (Lipinski definition) is 1. The number of pyridine rings is 2. The van der Waals surface area contributed by atoms with Crippen molar-refractivity contribution in [3.8, 4) is 5.75 Å². The first-order valence-corrected chi connectivity index (χ1v) is 9.35. The highest BCUT2D eigenvalue weighted by molar-refractivity contribution is 5.92.